The van der Waals surface area contributed by atoms with Crippen molar-refractivity contribution in [3.05, 3.63) is 26.2 Å². The van der Waals surface area contributed by atoms with Gasteiger partial charge in [0.05, 0.1) is 5.69 Å². The Balaban J connectivity index is 3.22. The number of halogens is 2. The van der Waals surface area contributed by atoms with Crippen molar-refractivity contribution in [1.82, 2.24) is 0 Å². The van der Waals surface area contributed by atoms with E-state index in [0.29, 0.717) is 5.69 Å². The molecule has 0 bridgehead atoms. The minimum atomic E-state index is 0.618. The molecule has 0 N–H and O–H groups in total. The molecule has 0 radical (unpaired) electrons. The van der Waals surface area contributed by atoms with Crippen molar-refractivity contribution in [2.75, 3.05) is 0 Å². The standard InChI is InChI=1S/C7H3BrINO/c8-6-2-1-5(9)3-7(6)10-4-11/h1-3H. The average molecular weight is 324 g/mol. The molecule has 1 aromatic carbocycles. The second-order valence-electron chi connectivity index (χ2n) is 1.80. The van der Waals surface area contributed by atoms with Crippen LogP contribution < -0.4 is 0 Å². The first-order chi connectivity index (χ1) is 5.24. The van der Waals surface area contributed by atoms with Gasteiger partial charge >= 0.3 is 0 Å². The van der Waals surface area contributed by atoms with E-state index in [1.165, 1.54) is 6.08 Å². The van der Waals surface area contributed by atoms with E-state index in [0.717, 1.165) is 8.04 Å². The maximum Gasteiger partial charge on any atom is 0.240 e. The van der Waals surface area contributed by atoms with Gasteiger partial charge in [-0.3, -0.25) is 0 Å². The number of isocyanates is 1. The molecule has 1 rings (SSSR count). The Morgan fingerprint density at radius 3 is 2.91 bits per heavy atom. The number of nitrogens with zero attached hydrogens (tertiary/aromatic N) is 1. The van der Waals surface area contributed by atoms with Crippen LogP contribution in [0, 0.1) is 3.57 Å². The molecule has 11 heavy (non-hydrogen) atoms. The molecule has 2 nitrogen and oxygen atoms in total. The lowest BCUT2D eigenvalue weighted by Gasteiger charge is -1.95. The lowest BCUT2D eigenvalue weighted by Crippen LogP contribution is -1.71. The van der Waals surface area contributed by atoms with Gasteiger partial charge in [-0.25, -0.2) is 4.79 Å². The largest absolute Gasteiger partial charge is 0.240 e. The summed E-state index contributed by atoms with van der Waals surface area (Å²) in [6.45, 7) is 0. The molecule has 0 aliphatic heterocycles. The SMILES string of the molecule is O=C=Nc1cc(I)ccc1Br. The molecule has 0 heterocycles. The average Bonchev–Trinajstić information content (AvgIpc) is 1.98. The van der Waals surface area contributed by atoms with Crippen LogP contribution in [0.3, 0.4) is 0 Å². The number of benzene rings is 1. The third-order valence-corrected chi connectivity index (χ3v) is 2.42. The summed E-state index contributed by atoms with van der Waals surface area (Å²) in [5, 5.41) is 0. The number of rotatable bonds is 1. The van der Waals surface area contributed by atoms with E-state index in [-0.39, 0.29) is 0 Å². The second-order valence-corrected chi connectivity index (χ2v) is 3.90. The summed E-state index contributed by atoms with van der Waals surface area (Å²) < 4.78 is 1.85. The number of aliphatic imine (C=N–C) groups is 1. The van der Waals surface area contributed by atoms with Gasteiger partial charge in [0, 0.05) is 8.04 Å². The first kappa shape index (κ1) is 8.90. The van der Waals surface area contributed by atoms with Crippen LogP contribution in [-0.4, -0.2) is 6.08 Å². The van der Waals surface area contributed by atoms with Gasteiger partial charge in [0.25, 0.3) is 0 Å². The van der Waals surface area contributed by atoms with Gasteiger partial charge in [-0.05, 0) is 56.7 Å². The molecule has 0 saturated heterocycles. The van der Waals surface area contributed by atoms with E-state index in [9.17, 15) is 4.79 Å². The summed E-state index contributed by atoms with van der Waals surface area (Å²) in [5.41, 5.74) is 0.618. The van der Waals surface area contributed by atoms with Crippen molar-refractivity contribution in [3.63, 3.8) is 0 Å². The van der Waals surface area contributed by atoms with Crippen molar-refractivity contribution in [2.45, 2.75) is 0 Å². The molecule has 0 amide bonds. The lowest BCUT2D eigenvalue weighted by atomic mass is 10.3. The van der Waals surface area contributed by atoms with E-state index in [2.05, 4.69) is 43.5 Å². The normalized spacial score (nSPS) is 8.91. The fourth-order valence-corrected chi connectivity index (χ4v) is 1.43. The van der Waals surface area contributed by atoms with Crippen molar-refractivity contribution in [1.29, 1.82) is 0 Å². The summed E-state index contributed by atoms with van der Waals surface area (Å²) in [4.78, 5) is 13.4. The van der Waals surface area contributed by atoms with Crippen LogP contribution >= 0.6 is 38.5 Å². The van der Waals surface area contributed by atoms with Gasteiger partial charge < -0.3 is 0 Å². The highest BCUT2D eigenvalue weighted by molar-refractivity contribution is 14.1. The zero-order valence-corrected chi connectivity index (χ0v) is 9.09. The highest BCUT2D eigenvalue weighted by Crippen LogP contribution is 2.26. The zero-order valence-electron chi connectivity index (χ0n) is 5.34. The van der Waals surface area contributed by atoms with Gasteiger partial charge in [-0.15, -0.1) is 0 Å². The lowest BCUT2D eigenvalue weighted by molar-refractivity contribution is 0.565. The Bertz CT molecular complexity index is 320. The van der Waals surface area contributed by atoms with E-state index in [1.807, 2.05) is 12.1 Å². The first-order valence-electron chi connectivity index (χ1n) is 2.77. The minimum absolute atomic E-state index is 0.618. The number of hydrogen-bond donors (Lipinski definition) is 0. The Hall–Kier alpha value is -0.190. The monoisotopic (exact) mass is 323 g/mol. The van der Waals surface area contributed by atoms with Gasteiger partial charge in [0.1, 0.15) is 0 Å². The summed E-state index contributed by atoms with van der Waals surface area (Å²) in [7, 11) is 0. The molecule has 0 aliphatic rings. The summed E-state index contributed by atoms with van der Waals surface area (Å²) in [6, 6.07) is 5.57. The van der Waals surface area contributed by atoms with Gasteiger partial charge in [-0.2, -0.15) is 4.99 Å². The molecule has 0 atom stereocenters. The van der Waals surface area contributed by atoms with Gasteiger partial charge in [0.15, 0.2) is 0 Å². The van der Waals surface area contributed by atoms with Crippen LogP contribution in [0.15, 0.2) is 27.7 Å². The quantitative estimate of drug-likeness (QED) is 0.444. The predicted molar refractivity (Wildman–Crippen MR) is 54.6 cm³/mol. The fraction of sp³-hybridized carbons (Fsp3) is 0. The molecular formula is C7H3BrINO. The molecule has 0 saturated carbocycles. The fourth-order valence-electron chi connectivity index (χ4n) is 0.621. The van der Waals surface area contributed by atoms with Crippen molar-refractivity contribution in [2.24, 2.45) is 4.99 Å². The Morgan fingerprint density at radius 2 is 2.27 bits per heavy atom. The van der Waals surface area contributed by atoms with Crippen LogP contribution in [0.4, 0.5) is 5.69 Å². The van der Waals surface area contributed by atoms with E-state index in [1.54, 1.807) is 6.07 Å². The van der Waals surface area contributed by atoms with Gasteiger partial charge in [0.2, 0.25) is 6.08 Å². The van der Waals surface area contributed by atoms with Crippen molar-refractivity contribution >= 4 is 50.3 Å². The highest BCUT2D eigenvalue weighted by atomic mass is 127. The zero-order chi connectivity index (χ0) is 8.27. The number of carbonyl (C=O) groups excluding carboxylic acids is 1. The maximum absolute atomic E-state index is 9.92. The van der Waals surface area contributed by atoms with E-state index < -0.39 is 0 Å². The highest BCUT2D eigenvalue weighted by Gasteiger charge is 1.97. The van der Waals surface area contributed by atoms with Crippen molar-refractivity contribution in [3.8, 4) is 0 Å². The van der Waals surface area contributed by atoms with Crippen LogP contribution in [0.25, 0.3) is 0 Å². The summed E-state index contributed by atoms with van der Waals surface area (Å²) in [6.07, 6.45) is 1.49. The molecule has 56 valence electrons. The molecule has 1 aromatic rings. The topological polar surface area (TPSA) is 29.4 Å². The molecule has 0 fully saturated rings. The third-order valence-electron chi connectivity index (χ3n) is 1.07. The van der Waals surface area contributed by atoms with Crippen LogP contribution in [0.5, 0.6) is 0 Å². The predicted octanol–water partition coefficient (Wildman–Crippen LogP) is 3.02. The van der Waals surface area contributed by atoms with Crippen LogP contribution in [0.1, 0.15) is 0 Å². The first-order valence-corrected chi connectivity index (χ1v) is 4.64. The van der Waals surface area contributed by atoms with Crippen molar-refractivity contribution < 1.29 is 4.79 Å². The second kappa shape index (κ2) is 3.99. The molecule has 0 aromatic heterocycles. The van der Waals surface area contributed by atoms with Gasteiger partial charge in [-0.1, -0.05) is 0 Å². The summed E-state index contributed by atoms with van der Waals surface area (Å²) in [5.74, 6) is 0. The van der Waals surface area contributed by atoms with Crippen LogP contribution in [0.2, 0.25) is 0 Å². The Morgan fingerprint density at radius 1 is 1.55 bits per heavy atom. The van der Waals surface area contributed by atoms with E-state index >= 15 is 0 Å². The molecular weight excluding hydrogens is 321 g/mol. The van der Waals surface area contributed by atoms with Crippen LogP contribution in [-0.2, 0) is 4.79 Å². The maximum atomic E-state index is 9.92. The third kappa shape index (κ3) is 2.39. The molecule has 4 heteroatoms. The number of hydrogen-bond acceptors (Lipinski definition) is 2. The molecule has 0 unspecified atom stereocenters. The van der Waals surface area contributed by atoms with E-state index in [4.69, 9.17) is 0 Å². The smallest absolute Gasteiger partial charge is 0.211 e. The Kier molecular flexibility index (Phi) is 3.23. The minimum Gasteiger partial charge on any atom is -0.211 e. The molecule has 0 spiro atoms. The molecule has 0 aliphatic carbocycles. The summed E-state index contributed by atoms with van der Waals surface area (Å²) >= 11 is 5.41. The Labute approximate surface area is 86.0 Å².